The highest BCUT2D eigenvalue weighted by atomic mass is 79.9. The molecule has 0 aliphatic carbocycles. The highest BCUT2D eigenvalue weighted by Gasteiger charge is 2.30. The number of fused-ring (bicyclic) bond motifs is 1. The van der Waals surface area contributed by atoms with Gasteiger partial charge in [0.15, 0.2) is 5.76 Å². The quantitative estimate of drug-likeness (QED) is 0.415. The van der Waals surface area contributed by atoms with Crippen molar-refractivity contribution in [3.05, 3.63) is 98.2 Å². The minimum atomic E-state index is -0.127. The van der Waals surface area contributed by atoms with E-state index in [1.54, 1.807) is 12.1 Å². The molecule has 0 aromatic heterocycles. The number of hydrogen-bond acceptors (Lipinski definition) is 3. The fourth-order valence-electron chi connectivity index (χ4n) is 3.00. The minimum absolute atomic E-state index is 0.127. The van der Waals surface area contributed by atoms with Crippen molar-refractivity contribution < 1.29 is 14.3 Å². The molecular formula is C23H16BrClO3. The van der Waals surface area contributed by atoms with Crippen molar-refractivity contribution >= 4 is 39.4 Å². The van der Waals surface area contributed by atoms with Gasteiger partial charge in [0.2, 0.25) is 5.78 Å². The van der Waals surface area contributed by atoms with Crippen molar-refractivity contribution in [1.82, 2.24) is 0 Å². The maximum Gasteiger partial charge on any atom is 0.231 e. The van der Waals surface area contributed by atoms with E-state index in [0.717, 1.165) is 21.2 Å². The fourth-order valence-corrected chi connectivity index (χ4v) is 3.52. The van der Waals surface area contributed by atoms with Crippen LogP contribution in [0.3, 0.4) is 0 Å². The van der Waals surface area contributed by atoms with Crippen LogP contribution < -0.4 is 9.47 Å². The van der Waals surface area contributed by atoms with Crippen LogP contribution in [-0.4, -0.2) is 5.78 Å². The van der Waals surface area contributed by atoms with Crippen LogP contribution in [0.15, 0.2) is 70.9 Å². The SMILES string of the molecule is Cc1c(OCc2ccc(Cl)cc2)ccc2c1O/C(=C\c1ccccc1Br)C2=O. The normalized spacial score (nSPS) is 14.1. The lowest BCUT2D eigenvalue weighted by Crippen LogP contribution is -1.98. The third kappa shape index (κ3) is 3.71. The number of ketones is 1. The number of rotatable bonds is 4. The van der Waals surface area contributed by atoms with Gasteiger partial charge in [0, 0.05) is 15.1 Å². The van der Waals surface area contributed by atoms with Crippen molar-refractivity contribution in [3.8, 4) is 11.5 Å². The van der Waals surface area contributed by atoms with Gasteiger partial charge in [-0.2, -0.15) is 0 Å². The second-order valence-corrected chi connectivity index (χ2v) is 7.73. The number of allylic oxidation sites excluding steroid dienone is 1. The molecule has 0 N–H and O–H groups in total. The molecule has 140 valence electrons. The predicted molar refractivity (Wildman–Crippen MR) is 114 cm³/mol. The Labute approximate surface area is 176 Å². The second kappa shape index (κ2) is 7.82. The van der Waals surface area contributed by atoms with Crippen molar-refractivity contribution in [2.24, 2.45) is 0 Å². The number of carbonyl (C=O) groups is 1. The van der Waals surface area contributed by atoms with Crippen LogP contribution in [0.1, 0.15) is 27.0 Å². The van der Waals surface area contributed by atoms with Crippen LogP contribution in [0.25, 0.3) is 6.08 Å². The summed E-state index contributed by atoms with van der Waals surface area (Å²) >= 11 is 9.41. The van der Waals surface area contributed by atoms with E-state index in [1.165, 1.54) is 0 Å². The molecule has 5 heteroatoms. The summed E-state index contributed by atoms with van der Waals surface area (Å²) < 4.78 is 12.7. The Balaban J connectivity index is 1.58. The lowest BCUT2D eigenvalue weighted by Gasteiger charge is -2.11. The van der Waals surface area contributed by atoms with Crippen molar-refractivity contribution in [2.75, 3.05) is 0 Å². The van der Waals surface area contributed by atoms with E-state index in [4.69, 9.17) is 21.1 Å². The molecule has 3 aromatic carbocycles. The molecular weight excluding hydrogens is 440 g/mol. The average molecular weight is 456 g/mol. The zero-order chi connectivity index (χ0) is 19.7. The molecule has 0 spiro atoms. The van der Waals surface area contributed by atoms with E-state index in [0.29, 0.717) is 34.5 Å². The molecule has 0 bridgehead atoms. The fraction of sp³-hybridized carbons (Fsp3) is 0.0870. The first kappa shape index (κ1) is 18.8. The van der Waals surface area contributed by atoms with Crippen molar-refractivity contribution in [1.29, 1.82) is 0 Å². The maximum absolute atomic E-state index is 12.7. The molecule has 1 heterocycles. The Morgan fingerprint density at radius 2 is 1.82 bits per heavy atom. The van der Waals surface area contributed by atoms with Gasteiger partial charge in [0.25, 0.3) is 0 Å². The van der Waals surface area contributed by atoms with Gasteiger partial charge in [-0.15, -0.1) is 0 Å². The van der Waals surface area contributed by atoms with Crippen LogP contribution in [0.2, 0.25) is 5.02 Å². The minimum Gasteiger partial charge on any atom is -0.488 e. The Morgan fingerprint density at radius 1 is 1.07 bits per heavy atom. The third-order valence-corrected chi connectivity index (χ3v) is 5.51. The van der Waals surface area contributed by atoms with Gasteiger partial charge in [0.1, 0.15) is 18.1 Å². The zero-order valence-electron chi connectivity index (χ0n) is 15.0. The number of Topliss-reactive ketones (excluding diaryl/α,β-unsaturated/α-hetero) is 1. The molecule has 4 rings (SSSR count). The van der Waals surface area contributed by atoms with Gasteiger partial charge in [-0.05, 0) is 54.5 Å². The highest BCUT2D eigenvalue weighted by molar-refractivity contribution is 9.10. The smallest absolute Gasteiger partial charge is 0.231 e. The summed E-state index contributed by atoms with van der Waals surface area (Å²) in [6, 6.07) is 18.7. The van der Waals surface area contributed by atoms with Crippen LogP contribution in [0.4, 0.5) is 0 Å². The number of benzene rings is 3. The van der Waals surface area contributed by atoms with E-state index in [9.17, 15) is 4.79 Å². The topological polar surface area (TPSA) is 35.5 Å². The summed E-state index contributed by atoms with van der Waals surface area (Å²) in [5.41, 5.74) is 3.25. The first-order valence-electron chi connectivity index (χ1n) is 8.72. The molecule has 0 atom stereocenters. The molecule has 28 heavy (non-hydrogen) atoms. The molecule has 0 unspecified atom stereocenters. The molecule has 0 fully saturated rings. The lowest BCUT2D eigenvalue weighted by atomic mass is 10.1. The van der Waals surface area contributed by atoms with Gasteiger partial charge in [0.05, 0.1) is 5.56 Å². The Kier molecular flexibility index (Phi) is 5.25. The molecule has 1 aliphatic heterocycles. The predicted octanol–water partition coefficient (Wildman–Crippen LogP) is 6.61. The van der Waals surface area contributed by atoms with Crippen molar-refractivity contribution in [2.45, 2.75) is 13.5 Å². The molecule has 0 saturated heterocycles. The van der Waals surface area contributed by atoms with E-state index in [1.807, 2.05) is 61.5 Å². The molecule has 0 radical (unpaired) electrons. The van der Waals surface area contributed by atoms with Gasteiger partial charge in [-0.1, -0.05) is 57.9 Å². The van der Waals surface area contributed by atoms with Gasteiger partial charge in [-0.3, -0.25) is 4.79 Å². The second-order valence-electron chi connectivity index (χ2n) is 6.44. The highest BCUT2D eigenvalue weighted by Crippen LogP contribution is 2.39. The summed E-state index contributed by atoms with van der Waals surface area (Å²) in [6.45, 7) is 2.30. The molecule has 1 aliphatic rings. The van der Waals surface area contributed by atoms with Crippen LogP contribution in [0, 0.1) is 6.92 Å². The first-order valence-corrected chi connectivity index (χ1v) is 9.89. The Morgan fingerprint density at radius 3 is 2.57 bits per heavy atom. The number of halogens is 2. The summed E-state index contributed by atoms with van der Waals surface area (Å²) in [5.74, 6) is 1.42. The van der Waals surface area contributed by atoms with E-state index in [2.05, 4.69) is 15.9 Å². The van der Waals surface area contributed by atoms with Gasteiger partial charge in [-0.25, -0.2) is 0 Å². The molecule has 0 amide bonds. The summed E-state index contributed by atoms with van der Waals surface area (Å²) in [6.07, 6.45) is 1.75. The number of ether oxygens (including phenoxy) is 2. The lowest BCUT2D eigenvalue weighted by molar-refractivity contribution is 0.101. The van der Waals surface area contributed by atoms with Crippen LogP contribution in [0.5, 0.6) is 11.5 Å². The average Bonchev–Trinajstić information content (AvgIpc) is 3.01. The van der Waals surface area contributed by atoms with Crippen LogP contribution >= 0.6 is 27.5 Å². The zero-order valence-corrected chi connectivity index (χ0v) is 17.4. The maximum atomic E-state index is 12.7. The summed E-state index contributed by atoms with van der Waals surface area (Å²) in [5, 5.41) is 0.689. The van der Waals surface area contributed by atoms with Crippen molar-refractivity contribution in [3.63, 3.8) is 0 Å². The molecule has 3 aromatic rings. The molecule has 3 nitrogen and oxygen atoms in total. The van der Waals surface area contributed by atoms with Gasteiger partial charge >= 0.3 is 0 Å². The number of carbonyl (C=O) groups excluding carboxylic acids is 1. The summed E-state index contributed by atoms with van der Waals surface area (Å²) in [7, 11) is 0. The Bertz CT molecular complexity index is 1090. The largest absolute Gasteiger partial charge is 0.488 e. The van der Waals surface area contributed by atoms with E-state index in [-0.39, 0.29) is 5.78 Å². The molecule has 0 saturated carbocycles. The van der Waals surface area contributed by atoms with Gasteiger partial charge < -0.3 is 9.47 Å². The van der Waals surface area contributed by atoms with E-state index < -0.39 is 0 Å². The Hall–Kier alpha value is -2.56. The van der Waals surface area contributed by atoms with Crippen LogP contribution in [-0.2, 0) is 6.61 Å². The standard InChI is InChI=1S/C23H16BrClO3/c1-14-20(27-13-15-6-8-17(25)9-7-15)11-10-18-22(26)21(28-23(14)18)12-16-4-2-3-5-19(16)24/h2-12H,13H2,1H3/b21-12-. The number of hydrogen-bond donors (Lipinski definition) is 0. The third-order valence-electron chi connectivity index (χ3n) is 4.54. The monoisotopic (exact) mass is 454 g/mol. The van der Waals surface area contributed by atoms with E-state index >= 15 is 0 Å². The first-order chi connectivity index (χ1) is 13.5. The summed E-state index contributed by atoms with van der Waals surface area (Å²) in [4.78, 5) is 12.7.